The lowest BCUT2D eigenvalue weighted by Gasteiger charge is -2.17. The smallest absolute Gasteiger partial charge is 0.133 e. The van der Waals surface area contributed by atoms with E-state index in [0.29, 0.717) is 18.6 Å². The van der Waals surface area contributed by atoms with Gasteiger partial charge in [-0.1, -0.05) is 6.92 Å². The van der Waals surface area contributed by atoms with E-state index in [9.17, 15) is 13.2 Å². The van der Waals surface area contributed by atoms with Gasteiger partial charge in [0.05, 0.1) is 0 Å². The molecule has 0 radical (unpaired) electrons. The van der Waals surface area contributed by atoms with Gasteiger partial charge in [0.2, 0.25) is 0 Å². The van der Waals surface area contributed by atoms with Crippen LogP contribution in [-0.2, 0) is 12.8 Å². The Balaban J connectivity index is 2.28. The maximum Gasteiger partial charge on any atom is 0.133 e. The highest BCUT2D eigenvalue weighted by Crippen LogP contribution is 2.27. The van der Waals surface area contributed by atoms with Crippen molar-refractivity contribution in [2.45, 2.75) is 25.8 Å². The van der Waals surface area contributed by atoms with Crippen LogP contribution in [-0.4, -0.2) is 7.05 Å². The van der Waals surface area contributed by atoms with Crippen molar-refractivity contribution in [3.05, 3.63) is 57.0 Å². The fraction of sp³-hybridized carbons (Fsp3) is 0.333. The number of aryl methyl sites for hydroxylation is 1. The minimum absolute atomic E-state index is 0.111. The summed E-state index contributed by atoms with van der Waals surface area (Å²) in [7, 11) is 1.64. The summed E-state index contributed by atoms with van der Waals surface area (Å²) in [5, 5.41) is 2.90. The molecule has 0 spiro atoms. The highest BCUT2D eigenvalue weighted by atomic mass is 32.1. The molecule has 2 rings (SSSR count). The van der Waals surface area contributed by atoms with Crippen LogP contribution >= 0.6 is 11.3 Å². The van der Waals surface area contributed by atoms with Gasteiger partial charge in [-0.15, -0.1) is 11.3 Å². The van der Waals surface area contributed by atoms with Crippen LogP contribution in [0.15, 0.2) is 24.3 Å². The molecule has 0 aliphatic rings. The first-order valence-corrected chi connectivity index (χ1v) is 7.26. The van der Waals surface area contributed by atoms with E-state index in [-0.39, 0.29) is 5.56 Å². The van der Waals surface area contributed by atoms with Crippen LogP contribution in [0, 0.1) is 17.5 Å². The van der Waals surface area contributed by atoms with Gasteiger partial charge in [-0.05, 0) is 25.6 Å². The van der Waals surface area contributed by atoms with Crippen molar-refractivity contribution in [1.82, 2.24) is 5.32 Å². The Kier molecular flexibility index (Phi) is 4.83. The number of rotatable bonds is 5. The predicted molar refractivity (Wildman–Crippen MR) is 75.5 cm³/mol. The van der Waals surface area contributed by atoms with Gasteiger partial charge in [-0.25, -0.2) is 13.2 Å². The third kappa shape index (κ3) is 3.22. The number of nitrogens with one attached hydrogen (secondary N) is 1. The van der Waals surface area contributed by atoms with E-state index in [1.807, 2.05) is 12.1 Å². The Morgan fingerprint density at radius 3 is 2.20 bits per heavy atom. The SMILES string of the molecule is CCc1ccc(CC(NC)c2c(F)cc(F)cc2F)s1. The van der Waals surface area contributed by atoms with Crippen molar-refractivity contribution in [2.75, 3.05) is 7.05 Å². The molecule has 0 saturated heterocycles. The fourth-order valence-electron chi connectivity index (χ4n) is 2.16. The molecule has 1 unspecified atom stereocenters. The van der Waals surface area contributed by atoms with Crippen LogP contribution in [0.5, 0.6) is 0 Å². The van der Waals surface area contributed by atoms with E-state index in [1.54, 1.807) is 18.4 Å². The molecule has 0 aliphatic carbocycles. The molecule has 20 heavy (non-hydrogen) atoms. The van der Waals surface area contributed by atoms with Crippen LogP contribution in [0.4, 0.5) is 13.2 Å². The first-order chi connectivity index (χ1) is 9.55. The van der Waals surface area contributed by atoms with Gasteiger partial charge in [-0.3, -0.25) is 0 Å². The third-order valence-electron chi connectivity index (χ3n) is 3.21. The molecule has 1 aromatic heterocycles. The van der Waals surface area contributed by atoms with Crippen molar-refractivity contribution in [2.24, 2.45) is 0 Å². The number of thiophene rings is 1. The van der Waals surface area contributed by atoms with Crippen LogP contribution in [0.25, 0.3) is 0 Å². The molecule has 0 aliphatic heterocycles. The lowest BCUT2D eigenvalue weighted by molar-refractivity contribution is 0.476. The van der Waals surface area contributed by atoms with Crippen LogP contribution in [0.2, 0.25) is 0 Å². The number of benzene rings is 1. The van der Waals surface area contributed by atoms with Crippen molar-refractivity contribution in [1.29, 1.82) is 0 Å². The summed E-state index contributed by atoms with van der Waals surface area (Å²) < 4.78 is 40.6. The van der Waals surface area contributed by atoms with E-state index in [1.165, 1.54) is 4.88 Å². The number of halogens is 3. The standard InChI is InChI=1S/C15H16F3NS/c1-3-10-4-5-11(20-10)8-14(19-2)15-12(17)6-9(16)7-13(15)18/h4-7,14,19H,3,8H2,1-2H3. The monoisotopic (exact) mass is 299 g/mol. The Hall–Kier alpha value is -1.33. The Morgan fingerprint density at radius 1 is 1.10 bits per heavy atom. The molecule has 1 heterocycles. The molecule has 108 valence electrons. The quantitative estimate of drug-likeness (QED) is 0.871. The zero-order valence-electron chi connectivity index (χ0n) is 11.3. The molecule has 5 heteroatoms. The summed E-state index contributed by atoms with van der Waals surface area (Å²) in [6, 6.07) is 4.90. The van der Waals surface area contributed by atoms with Crippen LogP contribution < -0.4 is 5.32 Å². The van der Waals surface area contributed by atoms with Gasteiger partial charge in [0, 0.05) is 39.9 Å². The molecular formula is C15H16F3NS. The molecule has 1 nitrogen and oxygen atoms in total. The largest absolute Gasteiger partial charge is 0.313 e. The molecule has 1 aromatic carbocycles. The maximum atomic E-state index is 13.8. The minimum Gasteiger partial charge on any atom is -0.313 e. The van der Waals surface area contributed by atoms with Crippen molar-refractivity contribution in [3.63, 3.8) is 0 Å². The lowest BCUT2D eigenvalue weighted by Crippen LogP contribution is -2.21. The molecule has 2 aromatic rings. The summed E-state index contributed by atoms with van der Waals surface area (Å²) in [6.07, 6.45) is 1.41. The molecule has 0 fully saturated rings. The number of likely N-dealkylation sites (N-methyl/N-ethyl adjacent to an activating group) is 1. The first-order valence-electron chi connectivity index (χ1n) is 6.44. The number of hydrogen-bond acceptors (Lipinski definition) is 2. The van der Waals surface area contributed by atoms with Gasteiger partial charge < -0.3 is 5.32 Å². The second kappa shape index (κ2) is 6.41. The van der Waals surface area contributed by atoms with Crippen molar-refractivity contribution >= 4 is 11.3 Å². The maximum absolute atomic E-state index is 13.8. The van der Waals surface area contributed by atoms with Gasteiger partial charge in [0.15, 0.2) is 0 Å². The number of hydrogen-bond donors (Lipinski definition) is 1. The second-order valence-corrected chi connectivity index (χ2v) is 5.80. The first kappa shape index (κ1) is 15.1. The summed E-state index contributed by atoms with van der Waals surface area (Å²) in [5.41, 5.74) is -0.111. The molecule has 1 N–H and O–H groups in total. The van der Waals surface area contributed by atoms with Crippen molar-refractivity contribution < 1.29 is 13.2 Å². The zero-order valence-corrected chi connectivity index (χ0v) is 12.2. The van der Waals surface area contributed by atoms with Gasteiger partial charge in [-0.2, -0.15) is 0 Å². The Labute approximate surface area is 120 Å². The zero-order chi connectivity index (χ0) is 14.7. The predicted octanol–water partition coefficient (Wildman–Crippen LogP) is 4.23. The van der Waals surface area contributed by atoms with E-state index in [2.05, 4.69) is 12.2 Å². The van der Waals surface area contributed by atoms with Gasteiger partial charge in [0.25, 0.3) is 0 Å². The highest BCUT2D eigenvalue weighted by Gasteiger charge is 2.21. The average Bonchev–Trinajstić information content (AvgIpc) is 2.84. The van der Waals surface area contributed by atoms with E-state index in [4.69, 9.17) is 0 Å². The summed E-state index contributed by atoms with van der Waals surface area (Å²) in [5.74, 6) is -2.61. The summed E-state index contributed by atoms with van der Waals surface area (Å²) in [6.45, 7) is 2.06. The molecule has 0 bridgehead atoms. The summed E-state index contributed by atoms with van der Waals surface area (Å²) >= 11 is 1.63. The Morgan fingerprint density at radius 2 is 1.70 bits per heavy atom. The average molecular weight is 299 g/mol. The highest BCUT2D eigenvalue weighted by molar-refractivity contribution is 7.11. The topological polar surface area (TPSA) is 12.0 Å². The van der Waals surface area contributed by atoms with E-state index < -0.39 is 23.5 Å². The van der Waals surface area contributed by atoms with E-state index in [0.717, 1.165) is 11.3 Å². The fourth-order valence-corrected chi connectivity index (χ4v) is 3.16. The van der Waals surface area contributed by atoms with E-state index >= 15 is 0 Å². The third-order valence-corrected chi connectivity index (χ3v) is 4.46. The normalized spacial score (nSPS) is 12.7. The summed E-state index contributed by atoms with van der Waals surface area (Å²) in [4.78, 5) is 2.28. The minimum atomic E-state index is -0.900. The second-order valence-electron chi connectivity index (χ2n) is 4.55. The Bertz CT molecular complexity index is 572. The van der Waals surface area contributed by atoms with Crippen molar-refractivity contribution in [3.8, 4) is 0 Å². The van der Waals surface area contributed by atoms with Gasteiger partial charge in [0.1, 0.15) is 17.5 Å². The molecule has 1 atom stereocenters. The van der Waals surface area contributed by atoms with Crippen LogP contribution in [0.3, 0.4) is 0 Å². The van der Waals surface area contributed by atoms with Gasteiger partial charge >= 0.3 is 0 Å². The molecule has 0 saturated carbocycles. The van der Waals surface area contributed by atoms with Crippen LogP contribution in [0.1, 0.15) is 28.3 Å². The lowest BCUT2D eigenvalue weighted by atomic mass is 10.0. The molecule has 0 amide bonds. The molecular weight excluding hydrogens is 283 g/mol.